The first kappa shape index (κ1) is 11.1. The Hall–Kier alpha value is -0.410. The highest BCUT2D eigenvalue weighted by molar-refractivity contribution is 7.07. The Balaban J connectivity index is 1.98. The molecule has 2 rings (SSSR count). The molecule has 0 saturated heterocycles. The molecule has 0 radical (unpaired) electrons. The summed E-state index contributed by atoms with van der Waals surface area (Å²) in [6.07, 6.45) is 3.95. The van der Waals surface area contributed by atoms with E-state index in [0.717, 1.165) is 25.4 Å². The summed E-state index contributed by atoms with van der Waals surface area (Å²) >= 11 is 1.70. The van der Waals surface area contributed by atoms with E-state index in [2.05, 4.69) is 29.5 Å². The van der Waals surface area contributed by atoms with E-state index in [-0.39, 0.29) is 0 Å². The highest BCUT2D eigenvalue weighted by Gasteiger charge is 2.41. The summed E-state index contributed by atoms with van der Waals surface area (Å²) < 4.78 is 0. The molecular weight excluding hydrogens is 204 g/mol. The first-order valence-electron chi connectivity index (χ1n) is 5.82. The molecule has 0 amide bonds. The molecule has 1 fully saturated rings. The zero-order valence-electron chi connectivity index (χ0n) is 9.62. The Kier molecular flexibility index (Phi) is 3.42. The van der Waals surface area contributed by atoms with Crippen molar-refractivity contribution >= 4 is 11.3 Å². The maximum absolute atomic E-state index is 4.41. The Labute approximate surface area is 96.1 Å². The van der Waals surface area contributed by atoms with Gasteiger partial charge in [0.2, 0.25) is 0 Å². The third-order valence-electron chi connectivity index (χ3n) is 3.41. The van der Waals surface area contributed by atoms with Gasteiger partial charge in [-0.25, -0.2) is 4.98 Å². The zero-order valence-corrected chi connectivity index (χ0v) is 10.4. The lowest BCUT2D eigenvalue weighted by Crippen LogP contribution is -2.35. The van der Waals surface area contributed by atoms with Crippen LogP contribution in [-0.2, 0) is 6.42 Å². The summed E-state index contributed by atoms with van der Waals surface area (Å²) in [6, 6.07) is 0. The highest BCUT2D eigenvalue weighted by Crippen LogP contribution is 2.46. The zero-order chi connectivity index (χ0) is 10.7. The SMILES string of the molecule is CCNCC(C)(Cc1cscn1)C1CC1. The van der Waals surface area contributed by atoms with E-state index < -0.39 is 0 Å². The molecule has 1 heterocycles. The van der Waals surface area contributed by atoms with Crippen molar-refractivity contribution in [2.24, 2.45) is 11.3 Å². The van der Waals surface area contributed by atoms with Gasteiger partial charge in [0.25, 0.3) is 0 Å². The minimum atomic E-state index is 0.421. The molecule has 1 aliphatic rings. The lowest BCUT2D eigenvalue weighted by Gasteiger charge is -2.29. The molecule has 1 unspecified atom stereocenters. The monoisotopic (exact) mass is 224 g/mol. The average molecular weight is 224 g/mol. The van der Waals surface area contributed by atoms with Gasteiger partial charge in [-0.2, -0.15) is 0 Å². The van der Waals surface area contributed by atoms with Crippen molar-refractivity contribution in [3.8, 4) is 0 Å². The summed E-state index contributed by atoms with van der Waals surface area (Å²) in [5, 5.41) is 5.69. The van der Waals surface area contributed by atoms with Crippen LogP contribution >= 0.6 is 11.3 Å². The van der Waals surface area contributed by atoms with Gasteiger partial charge in [-0.05, 0) is 37.1 Å². The van der Waals surface area contributed by atoms with Crippen molar-refractivity contribution in [2.45, 2.75) is 33.1 Å². The van der Waals surface area contributed by atoms with Crippen molar-refractivity contribution in [2.75, 3.05) is 13.1 Å². The van der Waals surface area contributed by atoms with Gasteiger partial charge in [0, 0.05) is 11.9 Å². The average Bonchev–Trinajstić information content (AvgIpc) is 2.98. The van der Waals surface area contributed by atoms with Crippen LogP contribution in [0.2, 0.25) is 0 Å². The van der Waals surface area contributed by atoms with E-state index in [9.17, 15) is 0 Å². The van der Waals surface area contributed by atoms with Crippen LogP contribution in [0.15, 0.2) is 10.9 Å². The minimum Gasteiger partial charge on any atom is -0.316 e. The van der Waals surface area contributed by atoms with Crippen LogP contribution in [0.1, 0.15) is 32.4 Å². The standard InChI is InChI=1S/C12H20N2S/c1-3-13-8-12(2,10-4-5-10)6-11-7-15-9-14-11/h7,9-10,13H,3-6,8H2,1-2H3. The second kappa shape index (κ2) is 4.62. The molecular formula is C12H20N2S. The van der Waals surface area contributed by atoms with E-state index >= 15 is 0 Å². The van der Waals surface area contributed by atoms with Gasteiger partial charge in [0.05, 0.1) is 11.2 Å². The number of nitrogens with one attached hydrogen (secondary N) is 1. The van der Waals surface area contributed by atoms with E-state index in [1.165, 1.54) is 18.5 Å². The Bertz CT molecular complexity index is 293. The van der Waals surface area contributed by atoms with Crippen molar-refractivity contribution < 1.29 is 0 Å². The normalized spacial score (nSPS) is 20.1. The number of hydrogen-bond acceptors (Lipinski definition) is 3. The van der Waals surface area contributed by atoms with E-state index in [1.807, 2.05) is 5.51 Å². The summed E-state index contributed by atoms with van der Waals surface area (Å²) in [4.78, 5) is 4.41. The third kappa shape index (κ3) is 2.79. The molecule has 1 aromatic heterocycles. The van der Waals surface area contributed by atoms with Crippen LogP contribution in [-0.4, -0.2) is 18.1 Å². The van der Waals surface area contributed by atoms with E-state index in [1.54, 1.807) is 11.3 Å². The predicted octanol–water partition coefficient (Wildman–Crippen LogP) is 2.71. The Morgan fingerprint density at radius 1 is 1.60 bits per heavy atom. The number of thiazole rings is 1. The van der Waals surface area contributed by atoms with Crippen LogP contribution in [0.25, 0.3) is 0 Å². The van der Waals surface area contributed by atoms with Gasteiger partial charge in [0.15, 0.2) is 0 Å². The quantitative estimate of drug-likeness (QED) is 0.803. The number of nitrogens with zero attached hydrogens (tertiary/aromatic N) is 1. The minimum absolute atomic E-state index is 0.421. The molecule has 0 spiro atoms. The molecule has 0 bridgehead atoms. The van der Waals surface area contributed by atoms with E-state index in [0.29, 0.717) is 5.41 Å². The fourth-order valence-electron chi connectivity index (χ4n) is 2.28. The first-order valence-corrected chi connectivity index (χ1v) is 6.76. The molecule has 15 heavy (non-hydrogen) atoms. The fourth-order valence-corrected chi connectivity index (χ4v) is 2.84. The maximum Gasteiger partial charge on any atom is 0.0794 e. The molecule has 3 heteroatoms. The van der Waals surface area contributed by atoms with Gasteiger partial charge < -0.3 is 5.32 Å². The lowest BCUT2D eigenvalue weighted by atomic mass is 9.80. The number of rotatable bonds is 6. The third-order valence-corrected chi connectivity index (χ3v) is 4.05. The van der Waals surface area contributed by atoms with Gasteiger partial charge in [0.1, 0.15) is 0 Å². The topological polar surface area (TPSA) is 24.9 Å². The van der Waals surface area contributed by atoms with Gasteiger partial charge in [-0.1, -0.05) is 13.8 Å². The van der Waals surface area contributed by atoms with Crippen LogP contribution in [0, 0.1) is 11.3 Å². The summed E-state index contributed by atoms with van der Waals surface area (Å²) in [7, 11) is 0. The highest BCUT2D eigenvalue weighted by atomic mass is 32.1. The summed E-state index contributed by atoms with van der Waals surface area (Å²) in [5.74, 6) is 0.915. The molecule has 1 saturated carbocycles. The van der Waals surface area contributed by atoms with Crippen molar-refractivity contribution in [1.82, 2.24) is 10.3 Å². The van der Waals surface area contributed by atoms with Gasteiger partial charge in [-0.15, -0.1) is 11.3 Å². The molecule has 1 aromatic rings. The molecule has 0 aromatic carbocycles. The van der Waals surface area contributed by atoms with Crippen LogP contribution in [0.3, 0.4) is 0 Å². The summed E-state index contributed by atoms with van der Waals surface area (Å²) in [5.41, 5.74) is 3.63. The van der Waals surface area contributed by atoms with Gasteiger partial charge >= 0.3 is 0 Å². The Morgan fingerprint density at radius 3 is 2.93 bits per heavy atom. The predicted molar refractivity (Wildman–Crippen MR) is 65.2 cm³/mol. The molecule has 1 aliphatic carbocycles. The van der Waals surface area contributed by atoms with Crippen molar-refractivity contribution in [3.63, 3.8) is 0 Å². The van der Waals surface area contributed by atoms with Crippen molar-refractivity contribution in [3.05, 3.63) is 16.6 Å². The fraction of sp³-hybridized carbons (Fsp3) is 0.750. The summed E-state index contributed by atoms with van der Waals surface area (Å²) in [6.45, 7) is 6.79. The first-order chi connectivity index (χ1) is 7.24. The molecule has 1 atom stereocenters. The van der Waals surface area contributed by atoms with E-state index in [4.69, 9.17) is 0 Å². The number of hydrogen-bond donors (Lipinski definition) is 1. The van der Waals surface area contributed by atoms with Crippen LogP contribution in [0.4, 0.5) is 0 Å². The molecule has 84 valence electrons. The molecule has 1 N–H and O–H groups in total. The van der Waals surface area contributed by atoms with Crippen LogP contribution < -0.4 is 5.32 Å². The molecule has 0 aliphatic heterocycles. The van der Waals surface area contributed by atoms with Gasteiger partial charge in [-0.3, -0.25) is 0 Å². The lowest BCUT2D eigenvalue weighted by molar-refractivity contribution is 0.256. The molecule has 2 nitrogen and oxygen atoms in total. The second-order valence-corrected chi connectivity index (χ2v) is 5.58. The smallest absolute Gasteiger partial charge is 0.0794 e. The maximum atomic E-state index is 4.41. The van der Waals surface area contributed by atoms with Crippen molar-refractivity contribution in [1.29, 1.82) is 0 Å². The number of aromatic nitrogens is 1. The largest absolute Gasteiger partial charge is 0.316 e. The van der Waals surface area contributed by atoms with Crippen LogP contribution in [0.5, 0.6) is 0 Å². The second-order valence-electron chi connectivity index (χ2n) is 4.87. The Morgan fingerprint density at radius 2 is 2.40 bits per heavy atom.